The van der Waals surface area contributed by atoms with Crippen molar-refractivity contribution < 1.29 is 0 Å². The van der Waals surface area contributed by atoms with E-state index in [9.17, 15) is 0 Å². The third-order valence-corrected chi connectivity index (χ3v) is 5.17. The lowest BCUT2D eigenvalue weighted by atomic mass is 10.0. The van der Waals surface area contributed by atoms with Crippen LogP contribution in [0.1, 0.15) is 37.3 Å². The minimum Gasteiger partial charge on any atom is -0.326 e. The summed E-state index contributed by atoms with van der Waals surface area (Å²) < 4.78 is 0. The molecule has 4 atom stereocenters. The molecule has 0 amide bonds. The zero-order valence-corrected chi connectivity index (χ0v) is 12.1. The normalized spacial score (nSPS) is 29.5. The highest BCUT2D eigenvalue weighted by molar-refractivity contribution is 7.10. The maximum atomic E-state index is 6.23. The molecule has 0 radical (unpaired) electrons. The highest BCUT2D eigenvalue weighted by atomic mass is 32.1. The Morgan fingerprint density at radius 3 is 2.35 bits per heavy atom. The van der Waals surface area contributed by atoms with Crippen molar-refractivity contribution >= 4 is 11.3 Å². The number of hydrogen-bond acceptors (Lipinski definition) is 3. The number of aryl methyl sites for hydroxylation is 1. The van der Waals surface area contributed by atoms with Crippen LogP contribution in [-0.4, -0.2) is 24.0 Å². The third-order valence-electron chi connectivity index (χ3n) is 4.08. The highest BCUT2D eigenvalue weighted by Gasteiger charge is 2.34. The van der Waals surface area contributed by atoms with E-state index >= 15 is 0 Å². The molecule has 17 heavy (non-hydrogen) atoms. The van der Waals surface area contributed by atoms with Crippen LogP contribution in [0.2, 0.25) is 0 Å². The Kier molecular flexibility index (Phi) is 3.91. The van der Waals surface area contributed by atoms with Gasteiger partial charge in [0, 0.05) is 24.0 Å². The fourth-order valence-electron chi connectivity index (χ4n) is 2.83. The first-order valence-corrected chi connectivity index (χ1v) is 7.42. The minimum atomic E-state index is 0.199. The van der Waals surface area contributed by atoms with Crippen molar-refractivity contribution in [3.63, 3.8) is 0 Å². The second-order valence-electron chi connectivity index (χ2n) is 5.68. The minimum absolute atomic E-state index is 0.199. The van der Waals surface area contributed by atoms with Gasteiger partial charge in [-0.15, -0.1) is 11.3 Å². The van der Waals surface area contributed by atoms with Crippen molar-refractivity contribution in [2.45, 2.75) is 39.8 Å². The molecular weight excluding hydrogens is 228 g/mol. The lowest BCUT2D eigenvalue weighted by molar-refractivity contribution is 0.212. The van der Waals surface area contributed by atoms with Crippen molar-refractivity contribution in [3.8, 4) is 0 Å². The van der Waals surface area contributed by atoms with Crippen molar-refractivity contribution in [2.24, 2.45) is 17.6 Å². The van der Waals surface area contributed by atoms with Gasteiger partial charge in [-0.1, -0.05) is 13.8 Å². The molecule has 4 unspecified atom stereocenters. The lowest BCUT2D eigenvalue weighted by Gasteiger charge is -2.31. The number of nitrogens with zero attached hydrogens (tertiary/aromatic N) is 1. The molecule has 2 heterocycles. The molecule has 2 N–H and O–H groups in total. The molecule has 3 heteroatoms. The van der Waals surface area contributed by atoms with E-state index in [0.29, 0.717) is 6.04 Å². The van der Waals surface area contributed by atoms with Gasteiger partial charge in [0.25, 0.3) is 0 Å². The molecule has 0 bridgehead atoms. The highest BCUT2D eigenvalue weighted by Crippen LogP contribution is 2.35. The number of nitrogens with two attached hydrogens (primary N) is 1. The van der Waals surface area contributed by atoms with E-state index in [1.54, 1.807) is 0 Å². The summed E-state index contributed by atoms with van der Waals surface area (Å²) in [6.45, 7) is 11.4. The van der Waals surface area contributed by atoms with E-state index in [0.717, 1.165) is 11.8 Å². The average Bonchev–Trinajstić information content (AvgIpc) is 2.76. The second-order valence-corrected chi connectivity index (χ2v) is 6.63. The Labute approximate surface area is 109 Å². The van der Waals surface area contributed by atoms with Gasteiger partial charge < -0.3 is 5.73 Å². The SMILES string of the molecule is Cc1ccsc1C(C(C)N)N1CC(C)C(C)C1. The number of likely N-dealkylation sites (tertiary alicyclic amines) is 1. The van der Waals surface area contributed by atoms with E-state index in [-0.39, 0.29) is 6.04 Å². The van der Waals surface area contributed by atoms with Crippen molar-refractivity contribution in [1.82, 2.24) is 4.90 Å². The van der Waals surface area contributed by atoms with Gasteiger partial charge in [0.2, 0.25) is 0 Å². The Bertz CT molecular complexity index is 362. The third kappa shape index (κ3) is 2.56. The molecule has 0 spiro atoms. The number of thiophene rings is 1. The van der Waals surface area contributed by atoms with E-state index < -0.39 is 0 Å². The maximum Gasteiger partial charge on any atom is 0.0593 e. The number of hydrogen-bond donors (Lipinski definition) is 1. The van der Waals surface area contributed by atoms with Gasteiger partial charge in [0.15, 0.2) is 0 Å². The average molecular weight is 252 g/mol. The predicted molar refractivity (Wildman–Crippen MR) is 75.3 cm³/mol. The van der Waals surface area contributed by atoms with Gasteiger partial charge in [-0.05, 0) is 42.7 Å². The summed E-state index contributed by atoms with van der Waals surface area (Å²) in [7, 11) is 0. The zero-order chi connectivity index (χ0) is 12.6. The first-order chi connectivity index (χ1) is 8.00. The molecule has 0 aromatic carbocycles. The summed E-state index contributed by atoms with van der Waals surface area (Å²) >= 11 is 1.85. The summed E-state index contributed by atoms with van der Waals surface area (Å²) in [6.07, 6.45) is 0. The molecule has 96 valence electrons. The molecule has 0 saturated carbocycles. The van der Waals surface area contributed by atoms with E-state index in [2.05, 4.69) is 44.0 Å². The molecular formula is C14H24N2S. The van der Waals surface area contributed by atoms with Gasteiger partial charge in [0.05, 0.1) is 6.04 Å². The summed E-state index contributed by atoms with van der Waals surface area (Å²) in [6, 6.07) is 2.81. The lowest BCUT2D eigenvalue weighted by Crippen LogP contribution is -2.38. The largest absolute Gasteiger partial charge is 0.326 e. The van der Waals surface area contributed by atoms with Gasteiger partial charge in [-0.25, -0.2) is 0 Å². The van der Waals surface area contributed by atoms with Gasteiger partial charge in [-0.2, -0.15) is 0 Å². The van der Waals surface area contributed by atoms with Gasteiger partial charge in [-0.3, -0.25) is 4.90 Å². The molecule has 0 aliphatic carbocycles. The Hall–Kier alpha value is -0.380. The summed E-state index contributed by atoms with van der Waals surface area (Å²) in [5.74, 6) is 1.58. The molecule has 1 saturated heterocycles. The molecule has 1 aliphatic heterocycles. The quantitative estimate of drug-likeness (QED) is 0.896. The molecule has 1 aliphatic rings. The summed E-state index contributed by atoms with van der Waals surface area (Å²) in [5.41, 5.74) is 7.63. The van der Waals surface area contributed by atoms with Crippen LogP contribution in [0.5, 0.6) is 0 Å². The number of rotatable bonds is 3. The second kappa shape index (κ2) is 5.09. The van der Waals surface area contributed by atoms with Crippen molar-refractivity contribution in [2.75, 3.05) is 13.1 Å². The van der Waals surface area contributed by atoms with Crippen LogP contribution in [0.25, 0.3) is 0 Å². The van der Waals surface area contributed by atoms with Crippen LogP contribution >= 0.6 is 11.3 Å². The molecule has 1 aromatic heterocycles. The summed E-state index contributed by atoms with van der Waals surface area (Å²) in [5, 5.41) is 2.18. The fraction of sp³-hybridized carbons (Fsp3) is 0.714. The van der Waals surface area contributed by atoms with E-state index in [1.165, 1.54) is 23.5 Å². The van der Waals surface area contributed by atoms with Gasteiger partial charge in [0.1, 0.15) is 0 Å². The molecule has 1 fully saturated rings. The summed E-state index contributed by atoms with van der Waals surface area (Å²) in [4.78, 5) is 4.04. The molecule has 2 nitrogen and oxygen atoms in total. The predicted octanol–water partition coefficient (Wildman–Crippen LogP) is 3.03. The monoisotopic (exact) mass is 252 g/mol. The van der Waals surface area contributed by atoms with Crippen LogP contribution < -0.4 is 5.73 Å². The van der Waals surface area contributed by atoms with Crippen LogP contribution in [0.3, 0.4) is 0 Å². The van der Waals surface area contributed by atoms with E-state index in [1.807, 2.05) is 11.3 Å². The van der Waals surface area contributed by atoms with E-state index in [4.69, 9.17) is 5.73 Å². The Balaban J connectivity index is 2.22. The van der Waals surface area contributed by atoms with Crippen LogP contribution in [0.15, 0.2) is 11.4 Å². The maximum absolute atomic E-state index is 6.23. The van der Waals surface area contributed by atoms with Gasteiger partial charge >= 0.3 is 0 Å². The van der Waals surface area contributed by atoms with Crippen molar-refractivity contribution in [1.29, 1.82) is 0 Å². The van der Waals surface area contributed by atoms with Crippen LogP contribution in [0.4, 0.5) is 0 Å². The zero-order valence-electron chi connectivity index (χ0n) is 11.3. The first-order valence-electron chi connectivity index (χ1n) is 6.54. The molecule has 1 aromatic rings. The topological polar surface area (TPSA) is 29.3 Å². The smallest absolute Gasteiger partial charge is 0.0593 e. The molecule has 2 rings (SSSR count). The van der Waals surface area contributed by atoms with Crippen LogP contribution in [-0.2, 0) is 0 Å². The van der Waals surface area contributed by atoms with Crippen LogP contribution in [0, 0.1) is 18.8 Å². The Morgan fingerprint density at radius 2 is 1.94 bits per heavy atom. The first kappa shape index (κ1) is 13.1. The Morgan fingerprint density at radius 1 is 1.35 bits per heavy atom. The standard InChI is InChI=1S/C14H24N2S/c1-9-5-6-17-14(9)13(12(4)15)16-7-10(2)11(3)8-16/h5-6,10-13H,7-8,15H2,1-4H3. The van der Waals surface area contributed by atoms with Crippen molar-refractivity contribution in [3.05, 3.63) is 21.9 Å². The fourth-order valence-corrected chi connectivity index (χ4v) is 4.00.